The molecule has 0 aliphatic heterocycles. The van der Waals surface area contributed by atoms with Gasteiger partial charge in [-0.2, -0.15) is 0 Å². The van der Waals surface area contributed by atoms with Gasteiger partial charge in [-0.25, -0.2) is 4.79 Å². The van der Waals surface area contributed by atoms with Gasteiger partial charge in [0.25, 0.3) is 0 Å². The third-order valence-electron chi connectivity index (χ3n) is 3.11. The monoisotopic (exact) mass is 359 g/mol. The first-order valence-corrected chi connectivity index (χ1v) is 9.27. The average Bonchev–Trinajstić information content (AvgIpc) is 2.57. The van der Waals surface area contributed by atoms with Crippen molar-refractivity contribution in [1.29, 1.82) is 0 Å². The molecule has 2 aromatic carbocycles. The maximum absolute atomic E-state index is 11.5. The number of nitrogens with one attached hydrogen (secondary N) is 1. The summed E-state index contributed by atoms with van der Waals surface area (Å²) in [6.07, 6.45) is -0.427. The van der Waals surface area contributed by atoms with Crippen LogP contribution in [0.25, 0.3) is 0 Å². The second kappa shape index (κ2) is 9.37. The van der Waals surface area contributed by atoms with E-state index in [9.17, 15) is 4.79 Å². The van der Waals surface area contributed by atoms with E-state index in [-0.39, 0.29) is 0 Å². The van der Waals surface area contributed by atoms with E-state index in [2.05, 4.69) is 29.6 Å². The van der Waals surface area contributed by atoms with Gasteiger partial charge < -0.3 is 14.8 Å². The van der Waals surface area contributed by atoms with Crippen molar-refractivity contribution in [3.8, 4) is 5.75 Å². The van der Waals surface area contributed by atoms with Crippen LogP contribution < -0.4 is 10.1 Å². The lowest BCUT2D eigenvalue weighted by atomic mass is 10.2. The molecule has 0 aliphatic carbocycles. The molecule has 0 radical (unpaired) electrons. The molecular formula is C20H25NO3S. The number of benzene rings is 2. The van der Waals surface area contributed by atoms with E-state index in [4.69, 9.17) is 9.47 Å². The summed E-state index contributed by atoms with van der Waals surface area (Å²) in [5, 5.41) is 2.67. The molecule has 0 saturated heterocycles. The van der Waals surface area contributed by atoms with Crippen LogP contribution in [0.1, 0.15) is 26.3 Å². The van der Waals surface area contributed by atoms with Crippen LogP contribution in [0.15, 0.2) is 59.5 Å². The van der Waals surface area contributed by atoms with E-state index in [0.717, 1.165) is 11.5 Å². The lowest BCUT2D eigenvalue weighted by Crippen LogP contribution is -2.34. The van der Waals surface area contributed by atoms with Crippen molar-refractivity contribution in [3.05, 3.63) is 60.2 Å². The Labute approximate surface area is 153 Å². The van der Waals surface area contributed by atoms with E-state index in [1.54, 1.807) is 11.8 Å². The number of carbonyl (C=O) groups is 1. The van der Waals surface area contributed by atoms with Crippen LogP contribution in [0.3, 0.4) is 0 Å². The first-order valence-electron chi connectivity index (χ1n) is 8.29. The lowest BCUT2D eigenvalue weighted by molar-refractivity contribution is 0.0520. The fourth-order valence-electron chi connectivity index (χ4n) is 2.01. The summed E-state index contributed by atoms with van der Waals surface area (Å²) < 4.78 is 10.8. The maximum atomic E-state index is 11.5. The molecule has 0 spiro atoms. The minimum Gasteiger partial charge on any atom is -0.492 e. The molecular weight excluding hydrogens is 334 g/mol. The van der Waals surface area contributed by atoms with Crippen LogP contribution in [0.4, 0.5) is 4.79 Å². The molecule has 5 heteroatoms. The van der Waals surface area contributed by atoms with Crippen LogP contribution in [-0.4, -0.2) is 24.8 Å². The average molecular weight is 359 g/mol. The summed E-state index contributed by atoms with van der Waals surface area (Å²) in [4.78, 5) is 12.7. The molecule has 1 N–H and O–H groups in total. The van der Waals surface area contributed by atoms with Crippen molar-refractivity contribution in [2.75, 3.05) is 13.2 Å². The predicted molar refractivity (Wildman–Crippen MR) is 102 cm³/mol. The van der Waals surface area contributed by atoms with Gasteiger partial charge in [0.05, 0.1) is 6.54 Å². The molecule has 0 aromatic heterocycles. The summed E-state index contributed by atoms with van der Waals surface area (Å²) in [7, 11) is 0. The van der Waals surface area contributed by atoms with Gasteiger partial charge in [0, 0.05) is 10.6 Å². The molecule has 2 aromatic rings. The normalized spacial score (nSPS) is 11.0. The highest BCUT2D eigenvalue weighted by Crippen LogP contribution is 2.24. The smallest absolute Gasteiger partial charge is 0.407 e. The quantitative estimate of drug-likeness (QED) is 0.565. The Bertz CT molecular complexity index is 651. The maximum Gasteiger partial charge on any atom is 0.407 e. The Kier molecular flexibility index (Phi) is 7.19. The second-order valence-corrected chi connectivity index (χ2v) is 7.57. The summed E-state index contributed by atoms with van der Waals surface area (Å²) in [6.45, 7) is 6.30. The summed E-state index contributed by atoms with van der Waals surface area (Å²) in [5.41, 5.74) is 0.819. The van der Waals surface area contributed by atoms with Crippen LogP contribution in [0.2, 0.25) is 0 Å². The number of thioether (sulfide) groups is 1. The predicted octanol–water partition coefficient (Wildman–Crippen LogP) is 4.88. The topological polar surface area (TPSA) is 47.6 Å². The SMILES string of the molecule is CC(C)(C)OC(=O)NCCOc1ccc(SCc2ccccc2)cc1. The molecule has 25 heavy (non-hydrogen) atoms. The summed E-state index contributed by atoms with van der Waals surface area (Å²) >= 11 is 1.79. The van der Waals surface area contributed by atoms with Crippen molar-refractivity contribution in [2.45, 2.75) is 37.0 Å². The molecule has 0 aliphatic rings. The van der Waals surface area contributed by atoms with Gasteiger partial charge in [-0.3, -0.25) is 0 Å². The van der Waals surface area contributed by atoms with E-state index < -0.39 is 11.7 Å². The lowest BCUT2D eigenvalue weighted by Gasteiger charge is -2.19. The van der Waals surface area contributed by atoms with Crippen LogP contribution in [-0.2, 0) is 10.5 Å². The number of rotatable bonds is 7. The number of alkyl carbamates (subject to hydrolysis) is 1. The zero-order chi connectivity index (χ0) is 18.1. The molecule has 134 valence electrons. The van der Waals surface area contributed by atoms with Gasteiger partial charge in [0.2, 0.25) is 0 Å². The van der Waals surface area contributed by atoms with Crippen molar-refractivity contribution in [3.63, 3.8) is 0 Å². The summed E-state index contributed by atoms with van der Waals surface area (Å²) in [6, 6.07) is 18.4. The van der Waals surface area contributed by atoms with Gasteiger partial charge in [-0.05, 0) is 50.6 Å². The first-order chi connectivity index (χ1) is 11.9. The van der Waals surface area contributed by atoms with Gasteiger partial charge in [-0.15, -0.1) is 11.8 Å². The number of hydrogen-bond acceptors (Lipinski definition) is 4. The minimum atomic E-state index is -0.488. The van der Waals surface area contributed by atoms with Gasteiger partial charge in [0.1, 0.15) is 18.0 Å². The molecule has 0 atom stereocenters. The van der Waals surface area contributed by atoms with E-state index in [0.29, 0.717) is 13.2 Å². The molecule has 0 heterocycles. The molecule has 0 bridgehead atoms. The Hall–Kier alpha value is -2.14. The van der Waals surface area contributed by atoms with Crippen molar-refractivity contribution in [1.82, 2.24) is 5.32 Å². The number of carbonyl (C=O) groups excluding carboxylic acids is 1. The Balaban J connectivity index is 1.67. The third kappa shape index (κ3) is 7.98. The van der Waals surface area contributed by atoms with Crippen molar-refractivity contribution >= 4 is 17.9 Å². The van der Waals surface area contributed by atoms with E-state index in [1.807, 2.05) is 51.1 Å². The van der Waals surface area contributed by atoms with Gasteiger partial charge in [0.15, 0.2) is 0 Å². The first kappa shape index (κ1) is 19.2. The van der Waals surface area contributed by atoms with Crippen molar-refractivity contribution < 1.29 is 14.3 Å². The standard InChI is InChI=1S/C20H25NO3S/c1-20(2,3)24-19(22)21-13-14-23-17-9-11-18(12-10-17)25-15-16-7-5-4-6-8-16/h4-12H,13-15H2,1-3H3,(H,21,22). The molecule has 0 fully saturated rings. The number of amides is 1. The molecule has 4 nitrogen and oxygen atoms in total. The van der Waals surface area contributed by atoms with E-state index in [1.165, 1.54) is 10.5 Å². The fourth-order valence-corrected chi connectivity index (χ4v) is 2.86. The Morgan fingerprint density at radius 3 is 2.36 bits per heavy atom. The van der Waals surface area contributed by atoms with Gasteiger partial charge in [-0.1, -0.05) is 30.3 Å². The Morgan fingerprint density at radius 2 is 1.72 bits per heavy atom. The summed E-state index contributed by atoms with van der Waals surface area (Å²) in [5.74, 6) is 1.73. The van der Waals surface area contributed by atoms with Crippen LogP contribution in [0, 0.1) is 0 Å². The largest absolute Gasteiger partial charge is 0.492 e. The highest BCUT2D eigenvalue weighted by Gasteiger charge is 2.15. The fraction of sp³-hybridized carbons (Fsp3) is 0.350. The zero-order valence-corrected chi connectivity index (χ0v) is 15.8. The highest BCUT2D eigenvalue weighted by molar-refractivity contribution is 7.98. The van der Waals surface area contributed by atoms with Gasteiger partial charge >= 0.3 is 6.09 Å². The zero-order valence-electron chi connectivity index (χ0n) is 15.0. The molecule has 0 unspecified atom stereocenters. The second-order valence-electron chi connectivity index (χ2n) is 6.52. The van der Waals surface area contributed by atoms with E-state index >= 15 is 0 Å². The molecule has 1 amide bonds. The Morgan fingerprint density at radius 1 is 1.04 bits per heavy atom. The molecule has 0 saturated carbocycles. The highest BCUT2D eigenvalue weighted by atomic mass is 32.2. The number of ether oxygens (including phenoxy) is 2. The third-order valence-corrected chi connectivity index (χ3v) is 4.19. The number of hydrogen-bond donors (Lipinski definition) is 1. The molecule has 2 rings (SSSR count). The van der Waals surface area contributed by atoms with Crippen LogP contribution in [0.5, 0.6) is 5.75 Å². The van der Waals surface area contributed by atoms with Crippen LogP contribution >= 0.6 is 11.8 Å². The van der Waals surface area contributed by atoms with Crippen molar-refractivity contribution in [2.24, 2.45) is 0 Å². The minimum absolute atomic E-state index is 0.399.